The summed E-state index contributed by atoms with van der Waals surface area (Å²) in [5.41, 5.74) is 1.86. The van der Waals surface area contributed by atoms with Gasteiger partial charge in [-0.1, -0.05) is 29.8 Å². The third-order valence-corrected chi connectivity index (χ3v) is 8.43. The fraction of sp³-hybridized carbons (Fsp3) is 0.409. The van der Waals surface area contributed by atoms with E-state index in [0.29, 0.717) is 16.7 Å². The monoisotopic (exact) mass is 459 g/mol. The molecule has 1 amide bonds. The van der Waals surface area contributed by atoms with E-state index in [-0.39, 0.29) is 16.7 Å². The molecule has 3 aromatic rings. The second kappa shape index (κ2) is 8.36. The summed E-state index contributed by atoms with van der Waals surface area (Å²) in [5.74, 6) is 0.0278. The SMILES string of the molecule is O=C1NCCCCC1Sc1nc2sc3c(c2c(=O)n1-c1ccc(Cl)cc1)CCCC3. The average Bonchev–Trinajstić information content (AvgIpc) is 3.00. The van der Waals surface area contributed by atoms with E-state index in [0.717, 1.165) is 60.8 Å². The number of aromatic nitrogens is 2. The molecule has 1 saturated heterocycles. The van der Waals surface area contributed by atoms with Crippen LogP contribution in [0.1, 0.15) is 42.5 Å². The van der Waals surface area contributed by atoms with Crippen LogP contribution in [0, 0.1) is 0 Å². The van der Waals surface area contributed by atoms with Gasteiger partial charge < -0.3 is 5.32 Å². The van der Waals surface area contributed by atoms with Gasteiger partial charge in [-0.05, 0) is 68.4 Å². The van der Waals surface area contributed by atoms with Crippen LogP contribution in [0.4, 0.5) is 0 Å². The maximum Gasteiger partial charge on any atom is 0.267 e. The third-order valence-electron chi connectivity index (χ3n) is 5.78. The zero-order valence-corrected chi connectivity index (χ0v) is 18.8. The van der Waals surface area contributed by atoms with Gasteiger partial charge >= 0.3 is 0 Å². The van der Waals surface area contributed by atoms with Crippen molar-refractivity contribution in [2.45, 2.75) is 55.4 Å². The Morgan fingerprint density at radius 1 is 1.10 bits per heavy atom. The Bertz CT molecular complexity index is 1170. The molecule has 1 aliphatic heterocycles. The average molecular weight is 460 g/mol. The number of thiophene rings is 1. The minimum atomic E-state index is -0.245. The Hall–Kier alpha value is -1.83. The summed E-state index contributed by atoms with van der Waals surface area (Å²) in [6, 6.07) is 7.24. The van der Waals surface area contributed by atoms with Crippen LogP contribution in [0.3, 0.4) is 0 Å². The zero-order chi connectivity index (χ0) is 20.7. The number of rotatable bonds is 3. The maximum atomic E-state index is 13.7. The van der Waals surface area contributed by atoms with Crippen LogP contribution in [0.2, 0.25) is 5.02 Å². The highest BCUT2D eigenvalue weighted by Crippen LogP contribution is 2.36. The van der Waals surface area contributed by atoms with Crippen LogP contribution in [-0.4, -0.2) is 27.3 Å². The van der Waals surface area contributed by atoms with Gasteiger partial charge in [0.1, 0.15) is 4.83 Å². The number of nitrogens with one attached hydrogen (secondary N) is 1. The first-order valence-corrected chi connectivity index (χ1v) is 12.5. The van der Waals surface area contributed by atoms with Crippen LogP contribution < -0.4 is 10.9 Å². The summed E-state index contributed by atoms with van der Waals surface area (Å²) in [7, 11) is 0. The van der Waals surface area contributed by atoms with Crippen molar-refractivity contribution < 1.29 is 4.79 Å². The number of thioether (sulfide) groups is 1. The van der Waals surface area contributed by atoms with Crippen molar-refractivity contribution >= 4 is 50.8 Å². The summed E-state index contributed by atoms with van der Waals surface area (Å²) in [6.45, 7) is 0.712. The molecule has 0 spiro atoms. The van der Waals surface area contributed by atoms with Crippen molar-refractivity contribution in [2.75, 3.05) is 6.54 Å². The lowest BCUT2D eigenvalue weighted by molar-refractivity contribution is -0.120. The second-order valence-corrected chi connectivity index (χ2v) is 10.5. The van der Waals surface area contributed by atoms with E-state index in [2.05, 4.69) is 5.32 Å². The smallest absolute Gasteiger partial charge is 0.267 e. The molecule has 30 heavy (non-hydrogen) atoms. The van der Waals surface area contributed by atoms with Crippen LogP contribution >= 0.6 is 34.7 Å². The molecule has 5 rings (SSSR count). The van der Waals surface area contributed by atoms with E-state index >= 15 is 0 Å². The molecule has 0 radical (unpaired) electrons. The lowest BCUT2D eigenvalue weighted by Gasteiger charge is -2.17. The highest BCUT2D eigenvalue weighted by Gasteiger charge is 2.27. The molecule has 5 nitrogen and oxygen atoms in total. The molecule has 156 valence electrons. The molecule has 3 heterocycles. The Labute approximate surface area is 187 Å². The lowest BCUT2D eigenvalue weighted by Crippen LogP contribution is -2.31. The fourth-order valence-electron chi connectivity index (χ4n) is 4.23. The lowest BCUT2D eigenvalue weighted by atomic mass is 9.97. The van der Waals surface area contributed by atoms with E-state index in [9.17, 15) is 9.59 Å². The molecule has 0 bridgehead atoms. The Morgan fingerprint density at radius 2 is 1.90 bits per heavy atom. The molecular weight excluding hydrogens is 438 g/mol. The van der Waals surface area contributed by atoms with E-state index in [4.69, 9.17) is 16.6 Å². The molecule has 1 atom stereocenters. The predicted molar refractivity (Wildman–Crippen MR) is 123 cm³/mol. The third kappa shape index (κ3) is 3.67. The second-order valence-electron chi connectivity index (χ2n) is 7.80. The zero-order valence-electron chi connectivity index (χ0n) is 16.4. The molecule has 8 heteroatoms. The van der Waals surface area contributed by atoms with Crippen molar-refractivity contribution in [1.29, 1.82) is 0 Å². The minimum Gasteiger partial charge on any atom is -0.355 e. The van der Waals surface area contributed by atoms with Crippen LogP contribution in [0.25, 0.3) is 15.9 Å². The molecule has 1 aromatic carbocycles. The number of carbonyl (C=O) groups excluding carboxylic acids is 1. The van der Waals surface area contributed by atoms with Gasteiger partial charge in [0, 0.05) is 16.4 Å². The number of benzene rings is 1. The van der Waals surface area contributed by atoms with Gasteiger partial charge in [-0.3, -0.25) is 14.2 Å². The van der Waals surface area contributed by atoms with E-state index in [1.165, 1.54) is 22.2 Å². The van der Waals surface area contributed by atoms with Gasteiger partial charge in [0.25, 0.3) is 5.56 Å². The number of amides is 1. The fourth-order valence-corrected chi connectivity index (χ4v) is 6.84. The Kier molecular flexibility index (Phi) is 5.60. The number of hydrogen-bond donors (Lipinski definition) is 1. The summed E-state index contributed by atoms with van der Waals surface area (Å²) >= 11 is 9.13. The molecule has 1 fully saturated rings. The normalized spacial score (nSPS) is 19.4. The van der Waals surface area contributed by atoms with Gasteiger partial charge in [0.05, 0.1) is 16.3 Å². The van der Waals surface area contributed by atoms with E-state index in [1.807, 2.05) is 12.1 Å². The Morgan fingerprint density at radius 3 is 2.73 bits per heavy atom. The van der Waals surface area contributed by atoms with Crippen molar-refractivity contribution in [2.24, 2.45) is 0 Å². The van der Waals surface area contributed by atoms with Crippen LogP contribution in [-0.2, 0) is 17.6 Å². The van der Waals surface area contributed by atoms with E-state index < -0.39 is 0 Å². The summed E-state index contributed by atoms with van der Waals surface area (Å²) in [4.78, 5) is 33.3. The first kappa shape index (κ1) is 20.1. The quantitative estimate of drug-likeness (QED) is 0.574. The number of fused-ring (bicyclic) bond motifs is 3. The molecule has 1 aliphatic carbocycles. The van der Waals surface area contributed by atoms with Crippen molar-refractivity contribution in [3.05, 3.63) is 50.1 Å². The van der Waals surface area contributed by atoms with Gasteiger partial charge in [0.2, 0.25) is 5.91 Å². The first-order chi connectivity index (χ1) is 14.6. The number of aryl methyl sites for hydroxylation is 2. The number of halogens is 1. The van der Waals surface area contributed by atoms with Gasteiger partial charge in [0.15, 0.2) is 5.16 Å². The largest absolute Gasteiger partial charge is 0.355 e. The summed E-state index contributed by atoms with van der Waals surface area (Å²) < 4.78 is 1.67. The number of carbonyl (C=O) groups is 1. The Balaban J connectivity index is 1.69. The minimum absolute atomic E-state index is 0.0278. The van der Waals surface area contributed by atoms with Crippen LogP contribution in [0.5, 0.6) is 0 Å². The van der Waals surface area contributed by atoms with Crippen molar-refractivity contribution in [3.63, 3.8) is 0 Å². The summed E-state index contributed by atoms with van der Waals surface area (Å²) in [6.07, 6.45) is 6.97. The first-order valence-electron chi connectivity index (χ1n) is 10.4. The van der Waals surface area contributed by atoms with E-state index in [1.54, 1.807) is 28.0 Å². The molecule has 1 N–H and O–H groups in total. The standard InChI is InChI=1S/C22H22ClN3O2S2/c23-13-8-10-14(11-9-13)26-21(28)18-15-5-1-2-6-16(15)29-20(18)25-22(26)30-17-7-3-4-12-24-19(17)27/h8-11,17H,1-7,12H2,(H,24,27). The molecule has 0 saturated carbocycles. The van der Waals surface area contributed by atoms with Crippen molar-refractivity contribution in [3.8, 4) is 5.69 Å². The molecule has 1 unspecified atom stereocenters. The summed E-state index contributed by atoms with van der Waals surface area (Å²) in [5, 5.41) is 4.68. The highest BCUT2D eigenvalue weighted by atomic mass is 35.5. The molecular formula is C22H22ClN3O2S2. The molecule has 2 aromatic heterocycles. The number of nitrogens with zero attached hydrogens (tertiary/aromatic N) is 2. The van der Waals surface area contributed by atoms with Crippen LogP contribution in [0.15, 0.2) is 34.2 Å². The van der Waals surface area contributed by atoms with Gasteiger partial charge in [-0.2, -0.15) is 0 Å². The maximum absolute atomic E-state index is 13.7. The predicted octanol–water partition coefficient (Wildman–Crippen LogP) is 4.74. The van der Waals surface area contributed by atoms with Gasteiger partial charge in [-0.25, -0.2) is 4.98 Å². The number of hydrogen-bond acceptors (Lipinski definition) is 5. The van der Waals surface area contributed by atoms with Crippen molar-refractivity contribution in [1.82, 2.24) is 14.9 Å². The molecule has 2 aliphatic rings. The van der Waals surface area contributed by atoms with Gasteiger partial charge in [-0.15, -0.1) is 11.3 Å². The highest BCUT2D eigenvalue weighted by molar-refractivity contribution is 8.00. The topological polar surface area (TPSA) is 64.0 Å².